The van der Waals surface area contributed by atoms with Crippen molar-refractivity contribution < 1.29 is 25.5 Å². The minimum absolute atomic E-state index is 0. The summed E-state index contributed by atoms with van der Waals surface area (Å²) >= 11 is 0. The van der Waals surface area contributed by atoms with Gasteiger partial charge in [0.05, 0.1) is 5.82 Å². The van der Waals surface area contributed by atoms with E-state index in [2.05, 4.69) is 6.92 Å². The maximum Gasteiger partial charge on any atom is 2.00 e. The van der Waals surface area contributed by atoms with Crippen molar-refractivity contribution >= 4 is 0 Å². The van der Waals surface area contributed by atoms with E-state index in [0.717, 1.165) is 5.56 Å². The van der Waals surface area contributed by atoms with Crippen LogP contribution in [0.5, 0.6) is 0 Å². The Hall–Kier alpha value is -0.292. The summed E-state index contributed by atoms with van der Waals surface area (Å²) in [6, 6.07) is 6.05. The molecule has 2 heteroatoms. The standard InChI is InChI=1S/C7H6F.CH3.W/c1-6-2-4-7(8)5-3-6;;/h2-5H,1H2;1H3;/q2*-1;+2. The Morgan fingerprint density at radius 3 is 1.80 bits per heavy atom. The van der Waals surface area contributed by atoms with E-state index < -0.39 is 0 Å². The molecule has 0 aromatic heterocycles. The minimum atomic E-state index is -0.211. The van der Waals surface area contributed by atoms with E-state index in [1.807, 2.05) is 0 Å². The van der Waals surface area contributed by atoms with Crippen LogP contribution in [0.2, 0.25) is 0 Å². The third-order valence-electron chi connectivity index (χ3n) is 0.913. The molecule has 0 radical (unpaired) electrons. The summed E-state index contributed by atoms with van der Waals surface area (Å²) in [6.45, 7) is 3.60. The van der Waals surface area contributed by atoms with Crippen LogP contribution in [0.3, 0.4) is 0 Å². The number of halogens is 1. The van der Waals surface area contributed by atoms with Crippen molar-refractivity contribution in [1.29, 1.82) is 0 Å². The van der Waals surface area contributed by atoms with E-state index in [1.165, 1.54) is 12.1 Å². The molecule has 0 nitrogen and oxygen atoms in total. The molecular weight excluding hydrogens is 299 g/mol. The smallest absolute Gasteiger partial charge is 0.358 e. The van der Waals surface area contributed by atoms with Crippen molar-refractivity contribution in [3.63, 3.8) is 0 Å². The zero-order valence-corrected chi connectivity index (χ0v) is 8.74. The van der Waals surface area contributed by atoms with Crippen molar-refractivity contribution in [2.45, 2.75) is 0 Å². The Labute approximate surface area is 75.7 Å². The second-order valence-electron chi connectivity index (χ2n) is 1.63. The maximum atomic E-state index is 12.1. The van der Waals surface area contributed by atoms with Gasteiger partial charge in [0.2, 0.25) is 0 Å². The first-order valence-electron chi connectivity index (χ1n) is 2.36. The Morgan fingerprint density at radius 1 is 1.10 bits per heavy atom. The van der Waals surface area contributed by atoms with Crippen LogP contribution in [0.4, 0.5) is 4.39 Å². The zero-order valence-electron chi connectivity index (χ0n) is 5.80. The molecule has 0 amide bonds. The number of rotatable bonds is 0. The van der Waals surface area contributed by atoms with Gasteiger partial charge in [-0.3, -0.25) is 0 Å². The second-order valence-corrected chi connectivity index (χ2v) is 1.63. The van der Waals surface area contributed by atoms with Crippen molar-refractivity contribution in [1.82, 2.24) is 0 Å². The molecule has 0 bridgehead atoms. The summed E-state index contributed by atoms with van der Waals surface area (Å²) in [5.74, 6) is -0.211. The Bertz CT molecular complexity index is 148. The predicted molar refractivity (Wildman–Crippen MR) is 37.3 cm³/mol. The van der Waals surface area contributed by atoms with Crippen LogP contribution in [0.15, 0.2) is 24.3 Å². The Balaban J connectivity index is 0. The fraction of sp³-hybridized carbons (Fsp3) is 0. The van der Waals surface area contributed by atoms with Crippen LogP contribution >= 0.6 is 0 Å². The molecule has 0 atom stereocenters. The van der Waals surface area contributed by atoms with E-state index in [1.54, 1.807) is 12.1 Å². The summed E-state index contributed by atoms with van der Waals surface area (Å²) in [4.78, 5) is 0. The first-order chi connectivity index (χ1) is 3.79. The fourth-order valence-corrected chi connectivity index (χ4v) is 0.484. The SMILES string of the molecule is [CH2-]c1ccc(F)cc1.[CH3-].[W+2]. The Morgan fingerprint density at radius 2 is 1.50 bits per heavy atom. The minimum Gasteiger partial charge on any atom is -0.358 e. The van der Waals surface area contributed by atoms with Gasteiger partial charge in [-0.15, -0.1) is 0 Å². The van der Waals surface area contributed by atoms with E-state index in [4.69, 9.17) is 0 Å². The second kappa shape index (κ2) is 5.49. The van der Waals surface area contributed by atoms with Gasteiger partial charge in [0.25, 0.3) is 0 Å². The molecule has 1 aromatic carbocycles. The van der Waals surface area contributed by atoms with Gasteiger partial charge in [0.1, 0.15) is 0 Å². The molecule has 0 N–H and O–H groups in total. The summed E-state index contributed by atoms with van der Waals surface area (Å²) in [7, 11) is 0. The fourth-order valence-electron chi connectivity index (χ4n) is 0.484. The van der Waals surface area contributed by atoms with Crippen LogP contribution in [0, 0.1) is 20.2 Å². The molecule has 0 aliphatic carbocycles. The third kappa shape index (κ3) is 3.68. The first-order valence-corrected chi connectivity index (χ1v) is 2.36. The number of benzene rings is 1. The molecule has 0 unspecified atom stereocenters. The van der Waals surface area contributed by atoms with Gasteiger partial charge in [-0.2, -0.15) is 24.6 Å². The van der Waals surface area contributed by atoms with E-state index in [9.17, 15) is 4.39 Å². The van der Waals surface area contributed by atoms with E-state index >= 15 is 0 Å². The first kappa shape index (κ1) is 12.4. The molecule has 0 aliphatic heterocycles. The maximum absolute atomic E-state index is 12.1. The van der Waals surface area contributed by atoms with Crippen LogP contribution in [0.25, 0.3) is 0 Å². The molecule has 1 rings (SSSR count). The molecular formula is C8H9FW. The van der Waals surface area contributed by atoms with Gasteiger partial charge >= 0.3 is 21.1 Å². The summed E-state index contributed by atoms with van der Waals surface area (Å²) in [5.41, 5.74) is 0.839. The average Bonchev–Trinajstić information content (AvgIpc) is 1.77. The van der Waals surface area contributed by atoms with Gasteiger partial charge in [-0.05, 0) is 0 Å². The topological polar surface area (TPSA) is 0 Å². The van der Waals surface area contributed by atoms with Crippen LogP contribution in [0.1, 0.15) is 5.56 Å². The van der Waals surface area contributed by atoms with Crippen molar-refractivity contribution in [2.24, 2.45) is 0 Å². The molecule has 0 saturated heterocycles. The molecule has 10 heavy (non-hydrogen) atoms. The zero-order chi connectivity index (χ0) is 5.98. The molecule has 0 fully saturated rings. The molecule has 0 spiro atoms. The van der Waals surface area contributed by atoms with Crippen LogP contribution in [-0.4, -0.2) is 0 Å². The quantitative estimate of drug-likeness (QED) is 0.646. The van der Waals surface area contributed by atoms with E-state index in [-0.39, 0.29) is 34.3 Å². The Kier molecular flexibility index (Phi) is 6.80. The molecule has 0 aliphatic rings. The third-order valence-corrected chi connectivity index (χ3v) is 0.913. The van der Waals surface area contributed by atoms with Gasteiger partial charge in [0, 0.05) is 0 Å². The summed E-state index contributed by atoms with van der Waals surface area (Å²) in [6.07, 6.45) is 0. The molecule has 0 saturated carbocycles. The molecule has 0 heterocycles. The van der Waals surface area contributed by atoms with Crippen molar-refractivity contribution in [3.05, 3.63) is 50.0 Å². The van der Waals surface area contributed by atoms with Crippen LogP contribution < -0.4 is 0 Å². The van der Waals surface area contributed by atoms with Gasteiger partial charge in [-0.1, -0.05) is 12.1 Å². The largest absolute Gasteiger partial charge is 2.00 e. The number of hydrogen-bond donors (Lipinski definition) is 0. The number of hydrogen-bond acceptors (Lipinski definition) is 0. The van der Waals surface area contributed by atoms with Crippen molar-refractivity contribution in [2.75, 3.05) is 0 Å². The van der Waals surface area contributed by atoms with Crippen LogP contribution in [-0.2, 0) is 21.1 Å². The van der Waals surface area contributed by atoms with E-state index in [0.29, 0.717) is 0 Å². The normalized spacial score (nSPS) is 7.30. The monoisotopic (exact) mass is 308 g/mol. The molecule has 1 aromatic rings. The van der Waals surface area contributed by atoms with Gasteiger partial charge < -0.3 is 7.43 Å². The van der Waals surface area contributed by atoms with Gasteiger partial charge in [-0.25, -0.2) is 4.39 Å². The summed E-state index contributed by atoms with van der Waals surface area (Å²) < 4.78 is 12.1. The average molecular weight is 308 g/mol. The summed E-state index contributed by atoms with van der Waals surface area (Å²) in [5, 5.41) is 0. The van der Waals surface area contributed by atoms with Gasteiger partial charge in [0.15, 0.2) is 0 Å². The molecule has 54 valence electrons. The predicted octanol–water partition coefficient (Wildman–Crippen LogP) is 2.46. The van der Waals surface area contributed by atoms with Crippen molar-refractivity contribution in [3.8, 4) is 0 Å².